The summed E-state index contributed by atoms with van der Waals surface area (Å²) in [7, 11) is 3.11. The first-order valence-corrected chi connectivity index (χ1v) is 8.82. The predicted octanol–water partition coefficient (Wildman–Crippen LogP) is 3.35. The van der Waals surface area contributed by atoms with Gasteiger partial charge in [0.1, 0.15) is 6.04 Å². The highest BCUT2D eigenvalue weighted by Gasteiger charge is 2.20. The summed E-state index contributed by atoms with van der Waals surface area (Å²) in [6, 6.07) is 11.1. The van der Waals surface area contributed by atoms with Crippen molar-refractivity contribution in [3.05, 3.63) is 58.6 Å². The van der Waals surface area contributed by atoms with Gasteiger partial charge < -0.3 is 20.1 Å². The van der Waals surface area contributed by atoms with Crippen LogP contribution >= 0.6 is 11.6 Å². The molecule has 27 heavy (non-hydrogen) atoms. The molecule has 0 aliphatic carbocycles. The smallest absolute Gasteiger partial charge is 0.253 e. The molecule has 2 unspecified atom stereocenters. The number of carbonyl (C=O) groups is 2. The van der Waals surface area contributed by atoms with Crippen molar-refractivity contribution >= 4 is 23.4 Å². The lowest BCUT2D eigenvalue weighted by atomic mass is 10.1. The average molecular weight is 391 g/mol. The summed E-state index contributed by atoms with van der Waals surface area (Å²) in [4.78, 5) is 24.7. The normalized spacial score (nSPS) is 12.6. The SMILES string of the molecule is COc1ccc(C(C)NC(=O)C(C)NC(=O)c2ccccc2Cl)cc1OC. The van der Waals surface area contributed by atoms with Crippen LogP contribution in [0.5, 0.6) is 11.5 Å². The lowest BCUT2D eigenvalue weighted by Gasteiger charge is -2.20. The van der Waals surface area contributed by atoms with Crippen LogP contribution in [0.3, 0.4) is 0 Å². The first-order chi connectivity index (χ1) is 12.9. The molecule has 7 heteroatoms. The molecule has 2 amide bonds. The van der Waals surface area contributed by atoms with Gasteiger partial charge in [-0.3, -0.25) is 9.59 Å². The Bertz CT molecular complexity index is 825. The second-order valence-corrected chi connectivity index (χ2v) is 6.43. The van der Waals surface area contributed by atoms with Crippen LogP contribution in [0.2, 0.25) is 5.02 Å². The van der Waals surface area contributed by atoms with Crippen molar-refractivity contribution in [2.24, 2.45) is 0 Å². The van der Waals surface area contributed by atoms with Gasteiger partial charge in [0, 0.05) is 0 Å². The maximum Gasteiger partial charge on any atom is 0.253 e. The van der Waals surface area contributed by atoms with Crippen molar-refractivity contribution < 1.29 is 19.1 Å². The Balaban J connectivity index is 2.01. The molecule has 2 N–H and O–H groups in total. The summed E-state index contributed by atoms with van der Waals surface area (Å²) in [6.45, 7) is 3.47. The fourth-order valence-electron chi connectivity index (χ4n) is 2.53. The standard InChI is InChI=1S/C20H23ClN2O4/c1-12(14-9-10-17(26-3)18(11-14)27-4)22-19(24)13(2)23-20(25)15-7-5-6-8-16(15)21/h5-13H,1-4H3,(H,22,24)(H,23,25). The molecule has 0 aromatic heterocycles. The number of nitrogens with one attached hydrogen (secondary N) is 2. The van der Waals surface area contributed by atoms with Crippen LogP contribution < -0.4 is 20.1 Å². The monoisotopic (exact) mass is 390 g/mol. The quantitative estimate of drug-likeness (QED) is 0.760. The molecule has 0 saturated heterocycles. The van der Waals surface area contributed by atoms with Crippen LogP contribution in [0.1, 0.15) is 35.8 Å². The Labute approximate surface area is 163 Å². The summed E-state index contributed by atoms with van der Waals surface area (Å²) >= 11 is 6.02. The molecule has 0 aliphatic heterocycles. The van der Waals surface area contributed by atoms with Gasteiger partial charge in [-0.2, -0.15) is 0 Å². The van der Waals surface area contributed by atoms with E-state index in [2.05, 4.69) is 10.6 Å². The van der Waals surface area contributed by atoms with E-state index in [1.807, 2.05) is 13.0 Å². The number of hydrogen-bond donors (Lipinski definition) is 2. The lowest BCUT2D eigenvalue weighted by Crippen LogP contribution is -2.45. The van der Waals surface area contributed by atoms with E-state index in [-0.39, 0.29) is 11.9 Å². The van der Waals surface area contributed by atoms with E-state index >= 15 is 0 Å². The van der Waals surface area contributed by atoms with Crippen molar-refractivity contribution in [1.82, 2.24) is 10.6 Å². The van der Waals surface area contributed by atoms with Crippen LogP contribution in [0.15, 0.2) is 42.5 Å². The van der Waals surface area contributed by atoms with Gasteiger partial charge in [0.05, 0.1) is 30.8 Å². The fraction of sp³-hybridized carbons (Fsp3) is 0.300. The van der Waals surface area contributed by atoms with Gasteiger partial charge in [0.25, 0.3) is 5.91 Å². The van der Waals surface area contributed by atoms with Gasteiger partial charge in [-0.05, 0) is 43.7 Å². The number of methoxy groups -OCH3 is 2. The van der Waals surface area contributed by atoms with Crippen LogP contribution in [0, 0.1) is 0 Å². The number of halogens is 1. The highest BCUT2D eigenvalue weighted by atomic mass is 35.5. The second kappa shape index (κ2) is 9.28. The van der Waals surface area contributed by atoms with Crippen LogP contribution in [-0.2, 0) is 4.79 Å². The molecule has 6 nitrogen and oxygen atoms in total. The van der Waals surface area contributed by atoms with Crippen molar-refractivity contribution in [2.45, 2.75) is 25.9 Å². The number of benzene rings is 2. The molecule has 2 atom stereocenters. The van der Waals surface area contributed by atoms with E-state index < -0.39 is 11.9 Å². The first kappa shape index (κ1) is 20.6. The van der Waals surface area contributed by atoms with E-state index in [1.54, 1.807) is 57.5 Å². The van der Waals surface area contributed by atoms with Gasteiger partial charge in [0.15, 0.2) is 11.5 Å². The summed E-state index contributed by atoms with van der Waals surface area (Å²) in [5, 5.41) is 5.86. The maximum atomic E-state index is 12.4. The molecule has 2 rings (SSSR count). The Morgan fingerprint density at radius 1 is 0.963 bits per heavy atom. The second-order valence-electron chi connectivity index (χ2n) is 6.02. The summed E-state index contributed by atoms with van der Waals surface area (Å²) in [5.74, 6) is 0.482. The Kier molecular flexibility index (Phi) is 7.07. The molecule has 0 bridgehead atoms. The largest absolute Gasteiger partial charge is 0.493 e. The van der Waals surface area contributed by atoms with Crippen LogP contribution in [0.4, 0.5) is 0 Å². The number of ether oxygens (including phenoxy) is 2. The zero-order valence-electron chi connectivity index (χ0n) is 15.7. The molecule has 0 fully saturated rings. The molecule has 144 valence electrons. The number of carbonyl (C=O) groups excluding carboxylic acids is 2. The van der Waals surface area contributed by atoms with Crippen molar-refractivity contribution in [3.63, 3.8) is 0 Å². The van der Waals surface area contributed by atoms with Crippen molar-refractivity contribution in [3.8, 4) is 11.5 Å². The fourth-order valence-corrected chi connectivity index (χ4v) is 2.75. The zero-order chi connectivity index (χ0) is 20.0. The Hall–Kier alpha value is -2.73. The van der Waals surface area contributed by atoms with Gasteiger partial charge >= 0.3 is 0 Å². The third-order valence-corrected chi connectivity index (χ3v) is 4.46. The topological polar surface area (TPSA) is 76.7 Å². The average Bonchev–Trinajstić information content (AvgIpc) is 2.67. The minimum atomic E-state index is -0.726. The highest BCUT2D eigenvalue weighted by Crippen LogP contribution is 2.29. The van der Waals surface area contributed by atoms with E-state index in [0.29, 0.717) is 22.1 Å². The number of rotatable bonds is 7. The Morgan fingerprint density at radius 2 is 1.63 bits per heavy atom. The van der Waals surface area contributed by atoms with Gasteiger partial charge in [-0.15, -0.1) is 0 Å². The molecular formula is C20H23ClN2O4. The van der Waals surface area contributed by atoms with Gasteiger partial charge in [0.2, 0.25) is 5.91 Å². The molecule has 2 aromatic rings. The molecule has 0 aliphatic rings. The van der Waals surface area contributed by atoms with E-state index in [0.717, 1.165) is 5.56 Å². The molecule has 2 aromatic carbocycles. The minimum absolute atomic E-state index is 0.281. The van der Waals surface area contributed by atoms with Crippen molar-refractivity contribution in [1.29, 1.82) is 0 Å². The zero-order valence-corrected chi connectivity index (χ0v) is 16.5. The molecule has 0 spiro atoms. The summed E-state index contributed by atoms with van der Waals surface area (Å²) in [6.07, 6.45) is 0. The summed E-state index contributed by atoms with van der Waals surface area (Å²) < 4.78 is 10.5. The van der Waals surface area contributed by atoms with Gasteiger partial charge in [-0.1, -0.05) is 29.8 Å². The third-order valence-electron chi connectivity index (χ3n) is 4.13. The first-order valence-electron chi connectivity index (χ1n) is 8.45. The highest BCUT2D eigenvalue weighted by molar-refractivity contribution is 6.33. The summed E-state index contributed by atoms with van der Waals surface area (Å²) in [5.41, 5.74) is 1.18. The van der Waals surface area contributed by atoms with Crippen molar-refractivity contribution in [2.75, 3.05) is 14.2 Å². The third kappa shape index (κ3) is 5.14. The molecule has 0 heterocycles. The van der Waals surface area contributed by atoms with E-state index in [9.17, 15) is 9.59 Å². The molecule has 0 saturated carbocycles. The lowest BCUT2D eigenvalue weighted by molar-refractivity contribution is -0.123. The van der Waals surface area contributed by atoms with Crippen LogP contribution in [0.25, 0.3) is 0 Å². The number of hydrogen-bond acceptors (Lipinski definition) is 4. The van der Waals surface area contributed by atoms with Gasteiger partial charge in [-0.25, -0.2) is 0 Å². The Morgan fingerprint density at radius 3 is 2.26 bits per heavy atom. The minimum Gasteiger partial charge on any atom is -0.493 e. The van der Waals surface area contributed by atoms with E-state index in [4.69, 9.17) is 21.1 Å². The molecule has 0 radical (unpaired) electrons. The maximum absolute atomic E-state index is 12.4. The van der Waals surface area contributed by atoms with E-state index in [1.165, 1.54) is 0 Å². The van der Waals surface area contributed by atoms with Crippen LogP contribution in [-0.4, -0.2) is 32.1 Å². The molecular weight excluding hydrogens is 368 g/mol. The predicted molar refractivity (Wildman–Crippen MR) is 104 cm³/mol. The number of amides is 2.